The van der Waals surface area contributed by atoms with Crippen LogP contribution in [-0.2, 0) is 70.8 Å². The summed E-state index contributed by atoms with van der Waals surface area (Å²) in [6, 6.07) is 50.7. The van der Waals surface area contributed by atoms with Crippen LogP contribution in [0.15, 0.2) is 188 Å². The van der Waals surface area contributed by atoms with E-state index in [1.54, 1.807) is 106 Å². The van der Waals surface area contributed by atoms with Crippen molar-refractivity contribution in [3.05, 3.63) is 266 Å². The van der Waals surface area contributed by atoms with E-state index >= 15 is 0 Å². The second-order valence-electron chi connectivity index (χ2n) is 31.4. The third-order valence-electron chi connectivity index (χ3n) is 18.0. The molecule has 0 N–H and O–H groups in total. The van der Waals surface area contributed by atoms with Crippen LogP contribution in [0, 0.1) is 41.5 Å². The lowest BCUT2D eigenvalue weighted by molar-refractivity contribution is -0.137. The van der Waals surface area contributed by atoms with E-state index in [-0.39, 0.29) is 120 Å². The van der Waals surface area contributed by atoms with E-state index in [4.69, 9.17) is 47.4 Å². The maximum atomic E-state index is 13.5. The van der Waals surface area contributed by atoms with Gasteiger partial charge in [-0.1, -0.05) is 255 Å². The number of para-hydroxylation sites is 2. The molecule has 5 unspecified atom stereocenters. The number of hydrogen-bond acceptors (Lipinski definition) is 10. The van der Waals surface area contributed by atoms with Crippen LogP contribution in [0.1, 0.15) is 140 Å². The largest absolute Gasteiger partial charge is 0.467 e. The van der Waals surface area contributed by atoms with Gasteiger partial charge in [0.05, 0.1) is 27.8 Å². The molecule has 0 radical (unpaired) electrons. The van der Waals surface area contributed by atoms with Gasteiger partial charge < -0.3 is 47.4 Å². The lowest BCUT2D eigenvalue weighted by Crippen LogP contribution is -2.24. The van der Waals surface area contributed by atoms with Gasteiger partial charge in [-0.15, -0.1) is 0 Å². The minimum absolute atomic E-state index is 0.0380. The van der Waals surface area contributed by atoms with Gasteiger partial charge in [0, 0.05) is 67.6 Å². The van der Waals surface area contributed by atoms with Crippen LogP contribution >= 0.6 is 42.9 Å². The summed E-state index contributed by atoms with van der Waals surface area (Å²) < 4.78 is 253. The molecule has 0 aliphatic rings. The summed E-state index contributed by atoms with van der Waals surface area (Å²) >= 11 is 0. The van der Waals surface area contributed by atoms with Crippen molar-refractivity contribution in [1.29, 1.82) is 0 Å². The Labute approximate surface area is 720 Å². The van der Waals surface area contributed by atoms with Crippen LogP contribution < -0.4 is 76.7 Å². The fourth-order valence-electron chi connectivity index (χ4n) is 11.9. The maximum Gasteiger partial charge on any atom is 0.417 e. The van der Waals surface area contributed by atoms with E-state index in [2.05, 4.69) is 68.4 Å². The molecule has 0 aromatic heterocycles. The highest BCUT2D eigenvalue weighted by Gasteiger charge is 2.39. The predicted molar refractivity (Wildman–Crippen MR) is 474 cm³/mol. The summed E-state index contributed by atoms with van der Waals surface area (Å²) in [6.45, 7) is 29.6. The molecule has 0 aliphatic heterocycles. The summed E-state index contributed by atoms with van der Waals surface area (Å²) in [5.41, 5.74) is 4.11. The Hall–Kier alpha value is -7.90. The molecule has 10 rings (SSSR count). The Balaban J connectivity index is 0.000000239. The van der Waals surface area contributed by atoms with E-state index in [0.29, 0.717) is 50.7 Å². The van der Waals surface area contributed by atoms with Gasteiger partial charge in [0.25, 0.3) is 0 Å². The van der Waals surface area contributed by atoms with Crippen molar-refractivity contribution in [1.82, 2.24) is 0 Å². The van der Waals surface area contributed by atoms with Crippen LogP contribution in [-0.4, -0.2) is 69.5 Å². The van der Waals surface area contributed by atoms with Gasteiger partial charge in [-0.2, -0.15) is 65.9 Å². The average molecular weight is 1820 g/mol. The summed E-state index contributed by atoms with van der Waals surface area (Å²) in [5.74, 6) is 2.88. The third kappa shape index (κ3) is 32.2. The molecule has 123 heavy (non-hydrogen) atoms. The van der Waals surface area contributed by atoms with E-state index < -0.39 is 58.7 Å². The average Bonchev–Trinajstić information content (AvgIpc) is 0.742. The molecule has 0 saturated heterocycles. The molecule has 0 bridgehead atoms. The Kier molecular flexibility index (Phi) is 38.9. The van der Waals surface area contributed by atoms with Gasteiger partial charge in [0.2, 0.25) is 0 Å². The van der Waals surface area contributed by atoms with Crippen molar-refractivity contribution in [3.63, 3.8) is 0 Å². The second-order valence-corrected chi connectivity index (χ2v) is 38.0. The Bertz CT molecular complexity index is 5010. The summed E-state index contributed by atoms with van der Waals surface area (Å²) in [4.78, 5) is 0. The van der Waals surface area contributed by atoms with Crippen molar-refractivity contribution >= 4 is 95.9 Å². The van der Waals surface area contributed by atoms with Crippen molar-refractivity contribution in [2.45, 2.75) is 151 Å². The van der Waals surface area contributed by atoms with Gasteiger partial charge in [0.15, 0.2) is 34.0 Å². The standard InChI is InChI=1S/C23H30F3O2P.C20H24F3O2P.2C17H18F3O2P.C16H16F3O2P/c1-21(2,3)15-12-17(22(4,5)6)20(28-14-27-7)19(13-15)29-18-11-9-8-10-16(18)23(24,25)26;1-13-10-14(19(2,3)4)11-17(18(13)25-12-24-5)26-16-9-7-6-8-15(16)20(21,22)23;1-11-5-7-15(13(8-11)17(18,19)20)23-16-9-12(2)4-6-14(16)22-10-21-3;1-11-7-8-14(13(9-11)17(18,19)20)23-15-6-4-5-12(2)16(15)22-10-21-3;1-11-7-8-14(12(9-11)16(17,18)19)22-15-6-4-3-5-13(15)21-10-20-2/h8-13,29H,14H2,1-7H3;6-11,26H,12H2,1-5H3;2*4-9,23H,10H2,1-3H3;3-9,22H,10H2,1-2H3. The summed E-state index contributed by atoms with van der Waals surface area (Å²) in [5, 5.41) is 4.99. The first-order valence-corrected chi connectivity index (χ1v) is 43.3. The number of benzene rings is 10. The highest BCUT2D eigenvalue weighted by atomic mass is 31.1. The lowest BCUT2D eigenvalue weighted by atomic mass is 9.80. The first-order valence-electron chi connectivity index (χ1n) is 38.3. The van der Waals surface area contributed by atoms with Crippen LogP contribution in [0.5, 0.6) is 28.7 Å². The fraction of sp³-hybridized carbons (Fsp3) is 0.355. The lowest BCUT2D eigenvalue weighted by Gasteiger charge is -2.29. The summed E-state index contributed by atoms with van der Waals surface area (Å²) in [7, 11) is 6.73. The van der Waals surface area contributed by atoms with Crippen molar-refractivity contribution in [2.75, 3.05) is 69.5 Å². The van der Waals surface area contributed by atoms with Crippen LogP contribution in [0.4, 0.5) is 65.9 Å². The topological polar surface area (TPSA) is 92.3 Å². The number of hydrogen-bond donors (Lipinski definition) is 0. The molecule has 668 valence electrons. The molecule has 0 spiro atoms. The Morgan fingerprint density at radius 2 is 0.528 bits per heavy atom. The van der Waals surface area contributed by atoms with E-state index in [1.807, 2.05) is 63.2 Å². The molecule has 0 aliphatic carbocycles. The fourth-order valence-corrected chi connectivity index (χ4v) is 18.7. The summed E-state index contributed by atoms with van der Waals surface area (Å²) in [6.07, 6.45) is -21.9. The monoisotopic (exact) mass is 1820 g/mol. The number of alkyl halides is 15. The van der Waals surface area contributed by atoms with E-state index in [0.717, 1.165) is 66.7 Å². The van der Waals surface area contributed by atoms with Crippen LogP contribution in [0.25, 0.3) is 0 Å². The van der Waals surface area contributed by atoms with Gasteiger partial charge in [-0.25, -0.2) is 0 Å². The second kappa shape index (κ2) is 46.0. The highest BCUT2D eigenvalue weighted by Crippen LogP contribution is 2.42. The van der Waals surface area contributed by atoms with E-state index in [9.17, 15) is 65.9 Å². The zero-order valence-electron chi connectivity index (χ0n) is 72.2. The molecule has 0 amide bonds. The van der Waals surface area contributed by atoms with Gasteiger partial charge in [0.1, 0.15) is 28.7 Å². The molecule has 10 nitrogen and oxygen atoms in total. The van der Waals surface area contributed by atoms with Gasteiger partial charge in [-0.3, -0.25) is 0 Å². The van der Waals surface area contributed by atoms with Crippen LogP contribution in [0.3, 0.4) is 0 Å². The van der Waals surface area contributed by atoms with E-state index in [1.165, 1.54) is 78.0 Å². The number of rotatable bonds is 25. The Morgan fingerprint density at radius 3 is 0.927 bits per heavy atom. The maximum absolute atomic E-state index is 13.5. The Morgan fingerprint density at radius 1 is 0.228 bits per heavy atom. The molecule has 0 saturated carbocycles. The zero-order chi connectivity index (χ0) is 91.8. The molecular weight excluding hydrogens is 1720 g/mol. The first-order chi connectivity index (χ1) is 57.3. The van der Waals surface area contributed by atoms with Crippen LogP contribution in [0.2, 0.25) is 0 Å². The SMILES string of the molecule is COCOc1c(C)cc(C(C)(C)C)cc1Pc1ccccc1C(F)(F)F.COCOc1c(C)cccc1Pc1ccc(C)cc1C(F)(F)F.COCOc1c(Pc2ccccc2C(F)(F)F)cc(C(C)(C)C)cc1C(C)(C)C.COCOc1ccc(C)cc1Pc1ccc(C)cc1C(F)(F)F.COCOc1ccccc1Pc1ccc(C)cc1C(F)(F)F. The molecule has 10 aromatic carbocycles. The normalized spacial score (nSPS) is 12.5. The molecule has 0 fully saturated rings. The number of methoxy groups -OCH3 is 5. The quantitative estimate of drug-likeness (QED) is 0.0313. The van der Waals surface area contributed by atoms with Gasteiger partial charge >= 0.3 is 30.9 Å². The molecular formula is C93H106F15O10P5. The minimum atomic E-state index is -4.40. The number of halogens is 15. The molecule has 10 aromatic rings. The predicted octanol–water partition coefficient (Wildman–Crippen LogP) is 22.3. The van der Waals surface area contributed by atoms with Gasteiger partial charge in [-0.05, 0) is 167 Å². The number of ether oxygens (including phenoxy) is 10. The van der Waals surface area contributed by atoms with Crippen molar-refractivity contribution in [2.24, 2.45) is 0 Å². The molecule has 5 atom stereocenters. The smallest absolute Gasteiger partial charge is 0.417 e. The highest BCUT2D eigenvalue weighted by molar-refractivity contribution is 7.57. The number of aryl methyl sites for hydroxylation is 6. The first kappa shape index (κ1) is 104. The van der Waals surface area contributed by atoms with Crippen molar-refractivity contribution in [3.8, 4) is 28.7 Å². The van der Waals surface area contributed by atoms with Crippen molar-refractivity contribution < 1.29 is 113 Å². The minimum Gasteiger partial charge on any atom is -0.467 e. The third-order valence-corrected chi connectivity index (χ3v) is 24.8. The zero-order valence-corrected chi connectivity index (χ0v) is 77.2. The molecule has 30 heteroatoms. The molecule has 0 heterocycles.